The van der Waals surface area contributed by atoms with Gasteiger partial charge in [-0.15, -0.1) is 5.10 Å². The summed E-state index contributed by atoms with van der Waals surface area (Å²) in [4.78, 5) is 16.1. The number of carbonyl (C=O) groups excluding carboxylic acids is 1. The topological polar surface area (TPSA) is 77.1 Å². The Morgan fingerprint density at radius 2 is 1.88 bits per heavy atom. The zero-order chi connectivity index (χ0) is 18.4. The first-order valence-electron chi connectivity index (χ1n) is 7.89. The van der Waals surface area contributed by atoms with Crippen molar-refractivity contribution in [3.05, 3.63) is 54.3 Å². The molecule has 3 aromatic rings. The Hall–Kier alpha value is -2.87. The standard InChI is InChI=1S/C18H16FN3O3S/c1-2-24-12-7-9-13(10-8-12)25-16(23)11-26-18-20-17(21-22-18)14-5-3-4-6-15(14)19/h3-10H,2,11H2,1H3,(H,20,21,22). The summed E-state index contributed by atoms with van der Waals surface area (Å²) in [5.41, 5.74) is 0.323. The number of halogens is 1. The van der Waals surface area contributed by atoms with Crippen LogP contribution >= 0.6 is 11.8 Å². The number of hydrogen-bond donors (Lipinski definition) is 1. The molecule has 26 heavy (non-hydrogen) atoms. The van der Waals surface area contributed by atoms with Crippen molar-refractivity contribution in [3.63, 3.8) is 0 Å². The fourth-order valence-electron chi connectivity index (χ4n) is 2.14. The highest BCUT2D eigenvalue weighted by Gasteiger charge is 2.12. The summed E-state index contributed by atoms with van der Waals surface area (Å²) in [6, 6.07) is 13.0. The van der Waals surface area contributed by atoms with Gasteiger partial charge in [0.15, 0.2) is 5.82 Å². The molecule has 0 aliphatic heterocycles. The van der Waals surface area contributed by atoms with Crippen LogP contribution in [0.1, 0.15) is 6.92 Å². The second kappa shape index (κ2) is 8.48. The Kier molecular flexibility index (Phi) is 5.85. The molecular weight excluding hydrogens is 357 g/mol. The molecule has 0 bridgehead atoms. The zero-order valence-electron chi connectivity index (χ0n) is 13.9. The summed E-state index contributed by atoms with van der Waals surface area (Å²) in [6.45, 7) is 2.47. The van der Waals surface area contributed by atoms with Crippen molar-refractivity contribution in [2.45, 2.75) is 12.1 Å². The van der Waals surface area contributed by atoms with Gasteiger partial charge in [-0.05, 0) is 43.3 Å². The Bertz CT molecular complexity index is 883. The van der Waals surface area contributed by atoms with E-state index in [0.717, 1.165) is 11.8 Å². The van der Waals surface area contributed by atoms with Crippen LogP contribution in [0.3, 0.4) is 0 Å². The number of ether oxygens (including phenoxy) is 2. The number of aromatic nitrogens is 3. The van der Waals surface area contributed by atoms with E-state index in [1.54, 1.807) is 42.5 Å². The highest BCUT2D eigenvalue weighted by Crippen LogP contribution is 2.22. The van der Waals surface area contributed by atoms with E-state index in [2.05, 4.69) is 15.2 Å². The lowest BCUT2D eigenvalue weighted by molar-refractivity contribution is -0.131. The molecule has 6 nitrogen and oxygen atoms in total. The van der Waals surface area contributed by atoms with Crippen molar-refractivity contribution in [1.29, 1.82) is 0 Å². The van der Waals surface area contributed by atoms with Crippen molar-refractivity contribution in [1.82, 2.24) is 15.2 Å². The number of nitrogens with one attached hydrogen (secondary N) is 1. The minimum Gasteiger partial charge on any atom is -0.494 e. The Balaban J connectivity index is 1.54. The van der Waals surface area contributed by atoms with E-state index in [1.165, 1.54) is 6.07 Å². The molecule has 0 radical (unpaired) electrons. The van der Waals surface area contributed by atoms with Crippen LogP contribution in [-0.2, 0) is 4.79 Å². The number of rotatable bonds is 7. The zero-order valence-corrected chi connectivity index (χ0v) is 14.8. The van der Waals surface area contributed by atoms with Crippen molar-refractivity contribution >= 4 is 17.7 Å². The number of benzene rings is 2. The molecule has 1 N–H and O–H groups in total. The molecule has 0 spiro atoms. The summed E-state index contributed by atoms with van der Waals surface area (Å²) in [5, 5.41) is 6.99. The third-order valence-electron chi connectivity index (χ3n) is 3.28. The summed E-state index contributed by atoms with van der Waals surface area (Å²) in [5.74, 6) is 0.656. The van der Waals surface area contributed by atoms with Gasteiger partial charge in [0.25, 0.3) is 0 Å². The van der Waals surface area contributed by atoms with Gasteiger partial charge in [0.1, 0.15) is 17.3 Å². The van der Waals surface area contributed by atoms with Crippen molar-refractivity contribution in [2.75, 3.05) is 12.4 Å². The number of nitrogens with zero attached hydrogens (tertiary/aromatic N) is 2. The first-order valence-corrected chi connectivity index (χ1v) is 8.88. The average Bonchev–Trinajstić information content (AvgIpc) is 3.11. The molecule has 0 saturated carbocycles. The van der Waals surface area contributed by atoms with Gasteiger partial charge in [-0.3, -0.25) is 9.89 Å². The molecule has 8 heteroatoms. The first-order chi connectivity index (χ1) is 12.7. The molecule has 0 unspecified atom stereocenters. The Labute approximate surface area is 153 Å². The minimum absolute atomic E-state index is 0.0295. The minimum atomic E-state index is -0.434. The van der Waals surface area contributed by atoms with Gasteiger partial charge < -0.3 is 9.47 Å². The lowest BCUT2D eigenvalue weighted by atomic mass is 10.2. The fourth-order valence-corrected chi connectivity index (χ4v) is 2.71. The lowest BCUT2D eigenvalue weighted by Gasteiger charge is -2.05. The summed E-state index contributed by atoms with van der Waals surface area (Å²) in [6.07, 6.45) is 0. The second-order valence-electron chi connectivity index (χ2n) is 5.11. The summed E-state index contributed by atoms with van der Waals surface area (Å²) >= 11 is 1.11. The number of aromatic amines is 1. The normalized spacial score (nSPS) is 10.5. The van der Waals surface area contributed by atoms with Gasteiger partial charge in [0.05, 0.1) is 17.9 Å². The molecule has 1 aromatic heterocycles. The van der Waals surface area contributed by atoms with Crippen LogP contribution in [-0.4, -0.2) is 33.5 Å². The number of hydrogen-bond acceptors (Lipinski definition) is 6. The van der Waals surface area contributed by atoms with E-state index >= 15 is 0 Å². The number of carbonyl (C=O) groups is 1. The number of H-pyrrole nitrogens is 1. The molecule has 0 atom stereocenters. The van der Waals surface area contributed by atoms with Crippen LogP contribution in [0.15, 0.2) is 53.7 Å². The third kappa shape index (κ3) is 4.60. The fraction of sp³-hybridized carbons (Fsp3) is 0.167. The molecule has 0 amide bonds. The van der Waals surface area contributed by atoms with Gasteiger partial charge >= 0.3 is 5.97 Å². The lowest BCUT2D eigenvalue weighted by Crippen LogP contribution is -2.10. The number of esters is 1. The second-order valence-corrected chi connectivity index (χ2v) is 6.06. The van der Waals surface area contributed by atoms with Crippen LogP contribution in [0, 0.1) is 5.82 Å². The van der Waals surface area contributed by atoms with Crippen LogP contribution in [0.4, 0.5) is 4.39 Å². The maximum atomic E-state index is 13.7. The Morgan fingerprint density at radius 3 is 2.62 bits per heavy atom. The molecule has 3 rings (SSSR count). The van der Waals surface area contributed by atoms with Crippen LogP contribution in [0.25, 0.3) is 11.4 Å². The summed E-state index contributed by atoms with van der Waals surface area (Å²) in [7, 11) is 0. The predicted molar refractivity (Wildman–Crippen MR) is 95.7 cm³/mol. The highest BCUT2D eigenvalue weighted by molar-refractivity contribution is 7.99. The van der Waals surface area contributed by atoms with Crippen LogP contribution in [0.5, 0.6) is 11.5 Å². The smallest absolute Gasteiger partial charge is 0.321 e. The SMILES string of the molecule is CCOc1ccc(OC(=O)CSc2n[nH]c(-c3ccccc3F)n2)cc1. The van der Waals surface area contributed by atoms with E-state index in [9.17, 15) is 9.18 Å². The van der Waals surface area contributed by atoms with Crippen LogP contribution < -0.4 is 9.47 Å². The largest absolute Gasteiger partial charge is 0.494 e. The van der Waals surface area contributed by atoms with Gasteiger partial charge in [-0.25, -0.2) is 9.37 Å². The van der Waals surface area contributed by atoms with E-state index < -0.39 is 11.8 Å². The molecule has 0 aliphatic carbocycles. The quantitative estimate of drug-likeness (QED) is 0.386. The molecular formula is C18H16FN3O3S. The van der Waals surface area contributed by atoms with Gasteiger partial charge in [-0.2, -0.15) is 0 Å². The van der Waals surface area contributed by atoms with Crippen molar-refractivity contribution < 1.29 is 18.7 Å². The van der Waals surface area contributed by atoms with Crippen LogP contribution in [0.2, 0.25) is 0 Å². The van der Waals surface area contributed by atoms with E-state index in [1.807, 2.05) is 6.92 Å². The average molecular weight is 373 g/mol. The van der Waals surface area contributed by atoms with Gasteiger partial charge in [-0.1, -0.05) is 23.9 Å². The maximum absolute atomic E-state index is 13.7. The predicted octanol–water partition coefficient (Wildman–Crippen LogP) is 3.71. The monoisotopic (exact) mass is 373 g/mol. The summed E-state index contributed by atoms with van der Waals surface area (Å²) < 4.78 is 24.3. The molecule has 0 fully saturated rings. The van der Waals surface area contributed by atoms with Crippen molar-refractivity contribution in [3.8, 4) is 22.9 Å². The Morgan fingerprint density at radius 1 is 1.15 bits per heavy atom. The molecule has 0 aliphatic rings. The number of thioether (sulfide) groups is 1. The van der Waals surface area contributed by atoms with Gasteiger partial charge in [0.2, 0.25) is 5.16 Å². The van der Waals surface area contributed by atoms with E-state index in [4.69, 9.17) is 9.47 Å². The third-order valence-corrected chi connectivity index (χ3v) is 4.10. The van der Waals surface area contributed by atoms with Gasteiger partial charge in [0, 0.05) is 0 Å². The molecule has 0 saturated heterocycles. The molecule has 2 aromatic carbocycles. The highest BCUT2D eigenvalue weighted by atomic mass is 32.2. The first kappa shape index (κ1) is 17.9. The van der Waals surface area contributed by atoms with E-state index in [0.29, 0.717) is 34.7 Å². The van der Waals surface area contributed by atoms with Crippen molar-refractivity contribution in [2.24, 2.45) is 0 Å². The molecule has 134 valence electrons. The maximum Gasteiger partial charge on any atom is 0.321 e. The molecule has 1 heterocycles. The van der Waals surface area contributed by atoms with E-state index in [-0.39, 0.29) is 5.75 Å².